The Morgan fingerprint density at radius 3 is 2.48 bits per heavy atom. The highest BCUT2D eigenvalue weighted by Crippen LogP contribution is 2.29. The van der Waals surface area contributed by atoms with E-state index in [9.17, 15) is 22.8 Å². The standard InChI is InChI=1S/C19H16F3NO3S/c1-27-16-4-2-3-15(11-16)23-17(24)12-26-18(25)10-7-13-5-8-14(9-6-13)19(20,21)22/h2-11H,12H2,1H3,(H,23,24). The maximum atomic E-state index is 12.5. The Kier molecular flexibility index (Phi) is 7.06. The van der Waals surface area contributed by atoms with Crippen molar-refractivity contribution in [1.29, 1.82) is 0 Å². The number of anilines is 1. The molecule has 1 amide bonds. The van der Waals surface area contributed by atoms with E-state index in [1.165, 1.54) is 30.0 Å². The van der Waals surface area contributed by atoms with Gasteiger partial charge in [0.2, 0.25) is 0 Å². The number of alkyl halides is 3. The molecule has 0 aliphatic rings. The van der Waals surface area contributed by atoms with E-state index in [0.29, 0.717) is 11.3 Å². The first kappa shape index (κ1) is 20.6. The molecule has 8 heteroatoms. The van der Waals surface area contributed by atoms with Gasteiger partial charge in [-0.15, -0.1) is 11.8 Å². The third kappa shape index (κ3) is 6.82. The van der Waals surface area contributed by atoms with Crippen molar-refractivity contribution in [3.63, 3.8) is 0 Å². The Morgan fingerprint density at radius 1 is 1.15 bits per heavy atom. The Hall–Kier alpha value is -2.74. The van der Waals surface area contributed by atoms with Gasteiger partial charge in [0, 0.05) is 16.7 Å². The van der Waals surface area contributed by atoms with Crippen molar-refractivity contribution >= 4 is 35.4 Å². The Morgan fingerprint density at radius 2 is 1.85 bits per heavy atom. The predicted octanol–water partition coefficient (Wildman–Crippen LogP) is 4.62. The van der Waals surface area contributed by atoms with Gasteiger partial charge < -0.3 is 10.1 Å². The van der Waals surface area contributed by atoms with Crippen molar-refractivity contribution in [2.75, 3.05) is 18.2 Å². The first-order valence-corrected chi connectivity index (χ1v) is 8.96. The summed E-state index contributed by atoms with van der Waals surface area (Å²) in [4.78, 5) is 24.4. The number of nitrogens with one attached hydrogen (secondary N) is 1. The summed E-state index contributed by atoms with van der Waals surface area (Å²) in [6.07, 6.45) is -0.151. The molecule has 0 saturated carbocycles. The fraction of sp³-hybridized carbons (Fsp3) is 0.158. The van der Waals surface area contributed by atoms with E-state index in [1.807, 2.05) is 12.3 Å². The largest absolute Gasteiger partial charge is 0.452 e. The van der Waals surface area contributed by atoms with E-state index in [2.05, 4.69) is 5.32 Å². The number of halogens is 3. The summed E-state index contributed by atoms with van der Waals surface area (Å²) in [5.41, 5.74) is 0.214. The molecule has 0 radical (unpaired) electrons. The summed E-state index contributed by atoms with van der Waals surface area (Å²) in [7, 11) is 0. The van der Waals surface area contributed by atoms with Crippen LogP contribution in [0.3, 0.4) is 0 Å². The summed E-state index contributed by atoms with van der Waals surface area (Å²) in [5, 5.41) is 2.61. The second kappa shape index (κ2) is 9.27. The van der Waals surface area contributed by atoms with Gasteiger partial charge in [0.25, 0.3) is 5.91 Å². The molecule has 27 heavy (non-hydrogen) atoms. The molecule has 0 aromatic heterocycles. The minimum absolute atomic E-state index is 0.401. The Bertz CT molecular complexity index is 833. The van der Waals surface area contributed by atoms with Gasteiger partial charge in [-0.25, -0.2) is 4.79 Å². The molecule has 0 heterocycles. The number of esters is 1. The van der Waals surface area contributed by atoms with Gasteiger partial charge in [0.1, 0.15) is 0 Å². The number of hydrogen-bond donors (Lipinski definition) is 1. The molecule has 0 bridgehead atoms. The van der Waals surface area contributed by atoms with Crippen LogP contribution in [0.25, 0.3) is 6.08 Å². The summed E-state index contributed by atoms with van der Waals surface area (Å²) >= 11 is 1.53. The van der Waals surface area contributed by atoms with Gasteiger partial charge in [0.15, 0.2) is 6.61 Å². The lowest BCUT2D eigenvalue weighted by molar-refractivity contribution is -0.142. The second-order valence-electron chi connectivity index (χ2n) is 5.34. The fourth-order valence-electron chi connectivity index (χ4n) is 2.03. The molecule has 0 aliphatic heterocycles. The zero-order valence-electron chi connectivity index (χ0n) is 14.2. The minimum atomic E-state index is -4.41. The highest BCUT2D eigenvalue weighted by atomic mass is 32.2. The fourth-order valence-corrected chi connectivity index (χ4v) is 2.49. The highest BCUT2D eigenvalue weighted by molar-refractivity contribution is 7.98. The number of amides is 1. The molecule has 0 unspecified atom stereocenters. The summed E-state index contributed by atoms with van der Waals surface area (Å²) in [6, 6.07) is 11.5. The molecular formula is C19H16F3NO3S. The Labute approximate surface area is 158 Å². The zero-order chi connectivity index (χ0) is 19.9. The maximum Gasteiger partial charge on any atom is 0.416 e. The first-order valence-electron chi connectivity index (χ1n) is 7.74. The molecule has 142 valence electrons. The summed E-state index contributed by atoms with van der Waals surface area (Å²) < 4.78 is 42.2. The van der Waals surface area contributed by atoms with Crippen molar-refractivity contribution in [2.24, 2.45) is 0 Å². The van der Waals surface area contributed by atoms with E-state index in [-0.39, 0.29) is 0 Å². The highest BCUT2D eigenvalue weighted by Gasteiger charge is 2.29. The summed E-state index contributed by atoms with van der Waals surface area (Å²) in [6.45, 7) is -0.473. The van der Waals surface area contributed by atoms with Crippen LogP contribution in [0.5, 0.6) is 0 Å². The van der Waals surface area contributed by atoms with Crippen LogP contribution >= 0.6 is 11.8 Å². The van der Waals surface area contributed by atoms with Crippen molar-refractivity contribution in [3.05, 3.63) is 65.7 Å². The second-order valence-corrected chi connectivity index (χ2v) is 6.22. The molecular weight excluding hydrogens is 379 g/mol. The molecule has 2 aromatic carbocycles. The van der Waals surface area contributed by atoms with Crippen LogP contribution in [0, 0.1) is 0 Å². The van der Waals surface area contributed by atoms with Crippen molar-refractivity contribution in [2.45, 2.75) is 11.1 Å². The number of benzene rings is 2. The van der Waals surface area contributed by atoms with Crippen LogP contribution in [0.1, 0.15) is 11.1 Å². The van der Waals surface area contributed by atoms with Crippen molar-refractivity contribution < 1.29 is 27.5 Å². The quantitative estimate of drug-likeness (QED) is 0.440. The maximum absolute atomic E-state index is 12.5. The number of ether oxygens (including phenoxy) is 1. The lowest BCUT2D eigenvalue weighted by Crippen LogP contribution is -2.20. The van der Waals surface area contributed by atoms with E-state index in [0.717, 1.165) is 23.1 Å². The average molecular weight is 395 g/mol. The molecule has 2 rings (SSSR count). The van der Waals surface area contributed by atoms with Crippen LogP contribution in [0.2, 0.25) is 0 Å². The first-order chi connectivity index (χ1) is 12.8. The number of rotatable bonds is 6. The van der Waals surface area contributed by atoms with E-state index >= 15 is 0 Å². The van der Waals surface area contributed by atoms with Crippen molar-refractivity contribution in [1.82, 2.24) is 0 Å². The van der Waals surface area contributed by atoms with E-state index < -0.39 is 30.2 Å². The van der Waals surface area contributed by atoms with Gasteiger partial charge in [0.05, 0.1) is 5.56 Å². The van der Waals surface area contributed by atoms with Gasteiger partial charge >= 0.3 is 12.1 Å². The Balaban J connectivity index is 1.82. The smallest absolute Gasteiger partial charge is 0.416 e. The van der Waals surface area contributed by atoms with Crippen LogP contribution < -0.4 is 5.32 Å². The van der Waals surface area contributed by atoms with Crippen LogP contribution in [-0.2, 0) is 20.5 Å². The number of carbonyl (C=O) groups is 2. The van der Waals surface area contributed by atoms with Gasteiger partial charge in [-0.2, -0.15) is 13.2 Å². The average Bonchev–Trinajstić information content (AvgIpc) is 2.64. The van der Waals surface area contributed by atoms with Crippen LogP contribution in [0.4, 0.5) is 18.9 Å². The molecule has 0 fully saturated rings. The monoisotopic (exact) mass is 395 g/mol. The number of thioether (sulfide) groups is 1. The molecule has 2 aromatic rings. The molecule has 0 atom stereocenters. The molecule has 0 aliphatic carbocycles. The lowest BCUT2D eigenvalue weighted by atomic mass is 10.1. The van der Waals surface area contributed by atoms with Crippen LogP contribution in [0.15, 0.2) is 59.5 Å². The normalized spacial score (nSPS) is 11.4. The lowest BCUT2D eigenvalue weighted by Gasteiger charge is -2.07. The van der Waals surface area contributed by atoms with Gasteiger partial charge in [-0.1, -0.05) is 18.2 Å². The minimum Gasteiger partial charge on any atom is -0.452 e. The summed E-state index contributed by atoms with van der Waals surface area (Å²) in [5.74, 6) is -1.27. The molecule has 0 saturated heterocycles. The number of carbonyl (C=O) groups excluding carboxylic acids is 2. The molecule has 4 nitrogen and oxygen atoms in total. The molecule has 0 spiro atoms. The third-order valence-corrected chi connectivity index (χ3v) is 4.07. The zero-order valence-corrected chi connectivity index (χ0v) is 15.1. The van der Waals surface area contributed by atoms with E-state index in [4.69, 9.17) is 4.74 Å². The number of hydrogen-bond acceptors (Lipinski definition) is 4. The van der Waals surface area contributed by atoms with Crippen molar-refractivity contribution in [3.8, 4) is 0 Å². The molecule has 1 N–H and O–H groups in total. The predicted molar refractivity (Wildman–Crippen MR) is 98.3 cm³/mol. The SMILES string of the molecule is CSc1cccc(NC(=O)COC(=O)C=Cc2ccc(C(F)(F)F)cc2)c1. The van der Waals surface area contributed by atoms with Crippen LogP contribution in [-0.4, -0.2) is 24.7 Å². The van der Waals surface area contributed by atoms with Gasteiger partial charge in [-0.3, -0.25) is 4.79 Å². The van der Waals surface area contributed by atoms with Gasteiger partial charge in [-0.05, 0) is 48.2 Å². The topological polar surface area (TPSA) is 55.4 Å². The van der Waals surface area contributed by atoms with E-state index in [1.54, 1.807) is 18.2 Å². The third-order valence-electron chi connectivity index (χ3n) is 3.35.